The van der Waals surface area contributed by atoms with E-state index in [0.29, 0.717) is 37.4 Å². The third-order valence-electron chi connectivity index (χ3n) is 7.18. The van der Waals surface area contributed by atoms with Gasteiger partial charge in [0.25, 0.3) is 0 Å². The number of hydrogen-bond donors (Lipinski definition) is 1. The molecule has 3 aliphatic rings. The lowest BCUT2D eigenvalue weighted by Gasteiger charge is -2.31. The predicted molar refractivity (Wildman–Crippen MR) is 122 cm³/mol. The number of nitrogens with zero attached hydrogens (tertiary/aromatic N) is 2. The summed E-state index contributed by atoms with van der Waals surface area (Å²) < 4.78 is 27.8. The molecule has 31 heavy (non-hydrogen) atoms. The number of carbonyl (C=O) groups is 1. The Morgan fingerprint density at radius 3 is 2.39 bits per heavy atom. The third kappa shape index (κ3) is 5.68. The highest BCUT2D eigenvalue weighted by Crippen LogP contribution is 2.28. The number of sulfonamides is 1. The Balaban J connectivity index is 1.23. The van der Waals surface area contributed by atoms with E-state index in [4.69, 9.17) is 0 Å². The molecule has 1 aromatic carbocycles. The van der Waals surface area contributed by atoms with Crippen LogP contribution < -0.4 is 5.32 Å². The molecule has 0 aromatic heterocycles. The average Bonchev–Trinajstić information content (AvgIpc) is 2.82. The van der Waals surface area contributed by atoms with Gasteiger partial charge in [-0.05, 0) is 101 Å². The third-order valence-corrected chi connectivity index (χ3v) is 9.08. The number of likely N-dealkylation sites (tertiary alicyclic amines) is 1. The largest absolute Gasteiger partial charge is 0.356 e. The zero-order valence-corrected chi connectivity index (χ0v) is 19.5. The molecule has 0 atom stereocenters. The van der Waals surface area contributed by atoms with Gasteiger partial charge in [-0.1, -0.05) is 12.5 Å². The summed E-state index contributed by atoms with van der Waals surface area (Å²) in [7, 11) is -3.48. The van der Waals surface area contributed by atoms with Crippen molar-refractivity contribution in [1.82, 2.24) is 14.5 Å². The van der Waals surface area contributed by atoms with Gasteiger partial charge in [0.15, 0.2) is 0 Å². The minimum absolute atomic E-state index is 0.0787. The molecule has 6 nitrogen and oxygen atoms in total. The van der Waals surface area contributed by atoms with E-state index in [2.05, 4.69) is 10.2 Å². The lowest BCUT2D eigenvalue weighted by atomic mass is 9.92. The summed E-state index contributed by atoms with van der Waals surface area (Å²) in [5.41, 5.74) is 2.48. The molecule has 1 N–H and O–H groups in total. The summed E-state index contributed by atoms with van der Waals surface area (Å²) in [5.74, 6) is 0.00874. The second-order valence-electron chi connectivity index (χ2n) is 9.36. The first-order chi connectivity index (χ1) is 15.0. The minimum atomic E-state index is -3.48. The number of aryl methyl sites for hydroxylation is 2. The summed E-state index contributed by atoms with van der Waals surface area (Å²) in [4.78, 5) is 15.4. The van der Waals surface area contributed by atoms with E-state index in [9.17, 15) is 13.2 Å². The van der Waals surface area contributed by atoms with Gasteiger partial charge in [0.05, 0.1) is 4.90 Å². The smallest absolute Gasteiger partial charge is 0.243 e. The molecule has 0 saturated carbocycles. The van der Waals surface area contributed by atoms with Crippen LogP contribution in [0.4, 0.5) is 0 Å². The van der Waals surface area contributed by atoms with Crippen molar-refractivity contribution in [1.29, 1.82) is 0 Å². The van der Waals surface area contributed by atoms with E-state index in [1.807, 2.05) is 12.1 Å². The molecule has 4 rings (SSSR count). The van der Waals surface area contributed by atoms with E-state index >= 15 is 0 Å². The molecular weight excluding hydrogens is 410 g/mol. The van der Waals surface area contributed by atoms with Gasteiger partial charge in [0, 0.05) is 25.6 Å². The maximum absolute atomic E-state index is 13.1. The fourth-order valence-corrected chi connectivity index (χ4v) is 6.74. The van der Waals surface area contributed by atoms with E-state index in [1.54, 1.807) is 10.4 Å². The Morgan fingerprint density at radius 1 is 0.935 bits per heavy atom. The molecule has 2 fully saturated rings. The van der Waals surface area contributed by atoms with Crippen molar-refractivity contribution in [2.45, 2.75) is 69.1 Å². The molecule has 1 amide bonds. The SMILES string of the molecule is O=C(NCCCN1CCCCC1)C1CCN(S(=O)(=O)c2ccc3c(c2)CCCC3)CC1. The number of rotatable bonds is 7. The van der Waals surface area contributed by atoms with Crippen LogP contribution in [0.25, 0.3) is 0 Å². The monoisotopic (exact) mass is 447 g/mol. The topological polar surface area (TPSA) is 69.7 Å². The maximum atomic E-state index is 13.1. The van der Waals surface area contributed by atoms with Crippen LogP contribution in [0, 0.1) is 5.92 Å². The van der Waals surface area contributed by atoms with Crippen molar-refractivity contribution in [3.63, 3.8) is 0 Å². The molecule has 0 bridgehead atoms. The standard InChI is InChI=1S/C24H37N3O3S/c28-24(25-13-6-16-26-14-4-1-5-15-26)21-11-17-27(18-12-21)31(29,30)23-10-9-20-7-2-3-8-22(20)19-23/h9-10,19,21H,1-8,11-18H2,(H,25,28). The average molecular weight is 448 g/mol. The highest BCUT2D eigenvalue weighted by molar-refractivity contribution is 7.89. The normalized spacial score (nSPS) is 21.5. The van der Waals surface area contributed by atoms with E-state index in [-0.39, 0.29) is 11.8 Å². The lowest BCUT2D eigenvalue weighted by Crippen LogP contribution is -2.43. The van der Waals surface area contributed by atoms with Crippen molar-refractivity contribution < 1.29 is 13.2 Å². The summed E-state index contributed by atoms with van der Waals surface area (Å²) in [5, 5.41) is 3.08. The zero-order valence-electron chi connectivity index (χ0n) is 18.7. The van der Waals surface area contributed by atoms with Gasteiger partial charge in [-0.25, -0.2) is 8.42 Å². The number of piperidine rings is 2. The highest BCUT2D eigenvalue weighted by Gasteiger charge is 2.32. The van der Waals surface area contributed by atoms with Gasteiger partial charge < -0.3 is 10.2 Å². The van der Waals surface area contributed by atoms with Crippen molar-refractivity contribution >= 4 is 15.9 Å². The first-order valence-electron chi connectivity index (χ1n) is 12.2. The van der Waals surface area contributed by atoms with Gasteiger partial charge in [0.2, 0.25) is 15.9 Å². The van der Waals surface area contributed by atoms with Crippen LogP contribution in [-0.4, -0.2) is 62.8 Å². The first kappa shape index (κ1) is 22.7. The fraction of sp³-hybridized carbons (Fsp3) is 0.708. The second-order valence-corrected chi connectivity index (χ2v) is 11.3. The Hall–Kier alpha value is -1.44. The van der Waals surface area contributed by atoms with E-state index in [0.717, 1.165) is 32.2 Å². The summed E-state index contributed by atoms with van der Waals surface area (Å²) >= 11 is 0. The summed E-state index contributed by atoms with van der Waals surface area (Å²) in [6.45, 7) is 4.98. The van der Waals surface area contributed by atoms with E-state index in [1.165, 1.54) is 49.9 Å². The molecule has 0 radical (unpaired) electrons. The Labute approximate surface area is 187 Å². The molecule has 1 aromatic rings. The van der Waals surface area contributed by atoms with Crippen LogP contribution in [0.1, 0.15) is 62.5 Å². The molecule has 2 aliphatic heterocycles. The number of amides is 1. The van der Waals surface area contributed by atoms with Gasteiger partial charge in [-0.15, -0.1) is 0 Å². The summed E-state index contributed by atoms with van der Waals surface area (Å²) in [6, 6.07) is 5.64. The van der Waals surface area contributed by atoms with Crippen LogP contribution >= 0.6 is 0 Å². The highest BCUT2D eigenvalue weighted by atomic mass is 32.2. The quantitative estimate of drug-likeness (QED) is 0.653. The van der Waals surface area contributed by atoms with Crippen LogP contribution in [-0.2, 0) is 27.7 Å². The fourth-order valence-electron chi connectivity index (χ4n) is 5.22. The van der Waals surface area contributed by atoms with Gasteiger partial charge in [-0.2, -0.15) is 4.31 Å². The molecule has 7 heteroatoms. The van der Waals surface area contributed by atoms with E-state index < -0.39 is 10.0 Å². The maximum Gasteiger partial charge on any atom is 0.243 e. The van der Waals surface area contributed by atoms with Crippen molar-refractivity contribution in [2.24, 2.45) is 5.92 Å². The van der Waals surface area contributed by atoms with Crippen molar-refractivity contribution in [2.75, 3.05) is 39.3 Å². The summed E-state index contributed by atoms with van der Waals surface area (Å²) in [6.07, 6.45) is 10.4. The van der Waals surface area contributed by atoms with Gasteiger partial charge in [0.1, 0.15) is 0 Å². The molecule has 0 unspecified atom stereocenters. The minimum Gasteiger partial charge on any atom is -0.356 e. The van der Waals surface area contributed by atoms with Crippen LogP contribution in [0.2, 0.25) is 0 Å². The van der Waals surface area contributed by atoms with Crippen molar-refractivity contribution in [3.8, 4) is 0 Å². The van der Waals surface area contributed by atoms with Crippen LogP contribution in [0.5, 0.6) is 0 Å². The first-order valence-corrected chi connectivity index (χ1v) is 13.6. The van der Waals surface area contributed by atoms with Crippen molar-refractivity contribution in [3.05, 3.63) is 29.3 Å². The molecule has 2 heterocycles. The number of nitrogens with one attached hydrogen (secondary N) is 1. The Kier molecular flexibility index (Phi) is 7.67. The molecular formula is C24H37N3O3S. The lowest BCUT2D eigenvalue weighted by molar-refractivity contribution is -0.126. The molecule has 2 saturated heterocycles. The Morgan fingerprint density at radius 2 is 1.65 bits per heavy atom. The number of hydrogen-bond acceptors (Lipinski definition) is 4. The van der Waals surface area contributed by atoms with Gasteiger partial charge in [-0.3, -0.25) is 4.79 Å². The number of fused-ring (bicyclic) bond motifs is 1. The zero-order chi connectivity index (χ0) is 21.7. The Bertz CT molecular complexity index is 857. The second kappa shape index (κ2) is 10.5. The predicted octanol–water partition coefficient (Wildman–Crippen LogP) is 2.96. The van der Waals surface area contributed by atoms with Crippen LogP contribution in [0.3, 0.4) is 0 Å². The van der Waals surface area contributed by atoms with Crippen LogP contribution in [0.15, 0.2) is 23.1 Å². The number of carbonyl (C=O) groups excluding carboxylic acids is 1. The molecule has 1 aliphatic carbocycles. The molecule has 0 spiro atoms. The molecule has 172 valence electrons. The van der Waals surface area contributed by atoms with Gasteiger partial charge >= 0.3 is 0 Å². The number of benzene rings is 1.